The Kier molecular flexibility index (Phi) is 5.47. The van der Waals surface area contributed by atoms with E-state index in [2.05, 4.69) is 45.5 Å². The fourth-order valence-electron chi connectivity index (χ4n) is 4.96. The van der Waals surface area contributed by atoms with Crippen molar-refractivity contribution in [3.8, 4) is 0 Å². The molecule has 1 N–H and O–H groups in total. The summed E-state index contributed by atoms with van der Waals surface area (Å²) in [7, 11) is 1.81. The summed E-state index contributed by atoms with van der Waals surface area (Å²) in [5.41, 5.74) is 4.78. The largest absolute Gasteiger partial charge is 0.340 e. The Bertz CT molecular complexity index is 1160. The van der Waals surface area contributed by atoms with Gasteiger partial charge >= 0.3 is 0 Å². The molecule has 1 aliphatic heterocycles. The van der Waals surface area contributed by atoms with Crippen molar-refractivity contribution in [1.82, 2.24) is 9.97 Å². The summed E-state index contributed by atoms with van der Waals surface area (Å²) < 4.78 is 0. The van der Waals surface area contributed by atoms with E-state index in [1.54, 1.807) is 17.3 Å². The van der Waals surface area contributed by atoms with Crippen molar-refractivity contribution in [2.24, 2.45) is 5.10 Å². The number of hydrazone groups is 1. The first-order valence-electron chi connectivity index (χ1n) is 11.4. The van der Waals surface area contributed by atoms with E-state index in [-0.39, 0.29) is 11.9 Å². The minimum absolute atomic E-state index is 0.116. The molecular weight excluding hydrogens is 400 g/mol. The van der Waals surface area contributed by atoms with Gasteiger partial charge in [-0.05, 0) is 30.0 Å². The van der Waals surface area contributed by atoms with Crippen molar-refractivity contribution in [1.29, 1.82) is 0 Å². The lowest BCUT2D eigenvalue weighted by molar-refractivity contribution is -0.120. The highest BCUT2D eigenvalue weighted by Gasteiger charge is 2.41. The zero-order chi connectivity index (χ0) is 22.1. The molecule has 164 valence electrons. The second kappa shape index (κ2) is 8.57. The lowest BCUT2D eigenvalue weighted by atomic mass is 10.0. The van der Waals surface area contributed by atoms with Crippen molar-refractivity contribution in [2.45, 2.75) is 51.1 Å². The Balaban J connectivity index is 1.45. The Morgan fingerprint density at radius 3 is 2.75 bits per heavy atom. The number of rotatable bonds is 5. The SMILES string of the molecule is CCC1C(=O)N(C)c2cnc(N/N=C/c3cccc4ccccc34)nc2N1C1CCCC1. The summed E-state index contributed by atoms with van der Waals surface area (Å²) in [6.45, 7) is 2.07. The average molecular weight is 429 g/mol. The van der Waals surface area contributed by atoms with Gasteiger partial charge in [-0.1, -0.05) is 62.2 Å². The first-order valence-corrected chi connectivity index (χ1v) is 11.4. The molecule has 1 amide bonds. The Morgan fingerprint density at radius 2 is 1.94 bits per heavy atom. The molecule has 5 rings (SSSR count). The van der Waals surface area contributed by atoms with Crippen LogP contribution in [0.3, 0.4) is 0 Å². The van der Waals surface area contributed by atoms with Crippen LogP contribution in [0.5, 0.6) is 0 Å². The molecule has 2 aromatic carbocycles. The molecule has 1 atom stereocenters. The predicted octanol–water partition coefficient (Wildman–Crippen LogP) is 4.58. The van der Waals surface area contributed by atoms with E-state index < -0.39 is 0 Å². The molecule has 1 aromatic heterocycles. The third-order valence-corrected chi connectivity index (χ3v) is 6.60. The van der Waals surface area contributed by atoms with E-state index in [1.807, 2.05) is 31.3 Å². The van der Waals surface area contributed by atoms with Gasteiger partial charge in [0.1, 0.15) is 11.7 Å². The second-order valence-electron chi connectivity index (χ2n) is 8.51. The van der Waals surface area contributed by atoms with Crippen molar-refractivity contribution in [3.63, 3.8) is 0 Å². The maximum absolute atomic E-state index is 13.0. The number of likely N-dealkylation sites (N-methyl/N-ethyl adjacent to an activating group) is 1. The number of anilines is 3. The van der Waals surface area contributed by atoms with Crippen LogP contribution in [0.2, 0.25) is 0 Å². The number of hydrogen-bond donors (Lipinski definition) is 1. The molecule has 1 fully saturated rings. The summed E-state index contributed by atoms with van der Waals surface area (Å²) in [4.78, 5) is 26.2. The van der Waals surface area contributed by atoms with E-state index in [1.165, 1.54) is 18.2 Å². The van der Waals surface area contributed by atoms with Gasteiger partial charge in [-0.3, -0.25) is 4.79 Å². The molecule has 0 bridgehead atoms. The molecule has 2 aliphatic rings. The standard InChI is InChI=1S/C25H28N6O/c1-3-21-24(32)30(2)22-16-26-25(28-23(22)31(21)19-12-5-6-13-19)29-27-15-18-11-8-10-17-9-4-7-14-20(17)18/h4,7-11,14-16,19,21H,3,5-6,12-13H2,1-2H3,(H,26,28,29)/b27-15+. The molecule has 1 aliphatic carbocycles. The van der Waals surface area contributed by atoms with Crippen LogP contribution in [0.25, 0.3) is 10.8 Å². The molecule has 2 heterocycles. The van der Waals surface area contributed by atoms with Gasteiger partial charge in [-0.15, -0.1) is 0 Å². The molecule has 3 aromatic rings. The highest BCUT2D eigenvalue weighted by Crippen LogP contribution is 2.39. The van der Waals surface area contributed by atoms with Crippen molar-refractivity contribution >= 4 is 40.3 Å². The first kappa shape index (κ1) is 20.4. The molecular formula is C25H28N6O. The second-order valence-corrected chi connectivity index (χ2v) is 8.51. The summed E-state index contributed by atoms with van der Waals surface area (Å²) in [5, 5.41) is 6.72. The van der Waals surface area contributed by atoms with Crippen LogP contribution >= 0.6 is 0 Å². The van der Waals surface area contributed by atoms with Crippen molar-refractivity contribution < 1.29 is 4.79 Å². The smallest absolute Gasteiger partial charge is 0.249 e. The third-order valence-electron chi connectivity index (χ3n) is 6.60. The molecule has 32 heavy (non-hydrogen) atoms. The highest BCUT2D eigenvalue weighted by molar-refractivity contribution is 6.04. The molecule has 0 spiro atoms. The maximum atomic E-state index is 13.0. The van der Waals surface area contributed by atoms with Gasteiger partial charge in [0.2, 0.25) is 11.9 Å². The minimum Gasteiger partial charge on any atom is -0.340 e. The fraction of sp³-hybridized carbons (Fsp3) is 0.360. The zero-order valence-corrected chi connectivity index (χ0v) is 18.5. The van der Waals surface area contributed by atoms with Crippen LogP contribution in [0.1, 0.15) is 44.6 Å². The molecule has 0 radical (unpaired) electrons. The van der Waals surface area contributed by atoms with E-state index in [0.717, 1.165) is 41.7 Å². The number of aromatic nitrogens is 2. The van der Waals surface area contributed by atoms with Gasteiger partial charge in [0.25, 0.3) is 0 Å². The zero-order valence-electron chi connectivity index (χ0n) is 18.5. The maximum Gasteiger partial charge on any atom is 0.249 e. The molecule has 7 heteroatoms. The topological polar surface area (TPSA) is 73.7 Å². The average Bonchev–Trinajstić information content (AvgIpc) is 3.36. The minimum atomic E-state index is -0.183. The molecule has 1 unspecified atom stereocenters. The molecule has 0 saturated heterocycles. The van der Waals surface area contributed by atoms with Gasteiger partial charge in [0, 0.05) is 18.7 Å². The third kappa shape index (κ3) is 3.57. The molecule has 1 saturated carbocycles. The summed E-state index contributed by atoms with van der Waals surface area (Å²) in [6.07, 6.45) is 8.86. The van der Waals surface area contributed by atoms with Gasteiger partial charge in [0.05, 0.1) is 12.4 Å². The van der Waals surface area contributed by atoms with E-state index in [4.69, 9.17) is 4.98 Å². The molecule has 7 nitrogen and oxygen atoms in total. The number of carbonyl (C=O) groups excluding carboxylic acids is 1. The number of benzene rings is 2. The Hall–Kier alpha value is -3.48. The van der Waals surface area contributed by atoms with Crippen molar-refractivity contribution in [2.75, 3.05) is 22.3 Å². The quantitative estimate of drug-likeness (QED) is 0.476. The monoisotopic (exact) mass is 428 g/mol. The summed E-state index contributed by atoms with van der Waals surface area (Å²) in [6, 6.07) is 14.5. The van der Waals surface area contributed by atoms with Crippen LogP contribution in [-0.4, -0.2) is 41.2 Å². The number of nitrogens with zero attached hydrogens (tertiary/aromatic N) is 5. The normalized spacial score (nSPS) is 19.2. The number of amides is 1. The van der Waals surface area contributed by atoms with Gasteiger partial charge in [-0.25, -0.2) is 10.4 Å². The van der Waals surface area contributed by atoms with Gasteiger partial charge in [-0.2, -0.15) is 10.1 Å². The van der Waals surface area contributed by atoms with Crippen LogP contribution in [0.4, 0.5) is 17.5 Å². The van der Waals surface area contributed by atoms with Crippen LogP contribution in [0, 0.1) is 0 Å². The first-order chi connectivity index (χ1) is 15.7. The van der Waals surface area contributed by atoms with E-state index in [9.17, 15) is 4.79 Å². The van der Waals surface area contributed by atoms with Gasteiger partial charge in [0.15, 0.2) is 5.82 Å². The van der Waals surface area contributed by atoms with Crippen LogP contribution < -0.4 is 15.2 Å². The van der Waals surface area contributed by atoms with Gasteiger partial charge < -0.3 is 9.80 Å². The summed E-state index contributed by atoms with van der Waals surface area (Å²) >= 11 is 0. The lowest BCUT2D eigenvalue weighted by Gasteiger charge is -2.43. The van der Waals surface area contributed by atoms with E-state index >= 15 is 0 Å². The number of fused-ring (bicyclic) bond motifs is 2. The van der Waals surface area contributed by atoms with Crippen LogP contribution in [0.15, 0.2) is 53.8 Å². The van der Waals surface area contributed by atoms with Crippen molar-refractivity contribution in [3.05, 3.63) is 54.2 Å². The predicted molar refractivity (Wildman–Crippen MR) is 129 cm³/mol. The highest BCUT2D eigenvalue weighted by atomic mass is 16.2. The Labute approximate surface area is 188 Å². The summed E-state index contributed by atoms with van der Waals surface area (Å²) in [5.74, 6) is 1.37. The number of hydrogen-bond acceptors (Lipinski definition) is 6. The Morgan fingerprint density at radius 1 is 1.16 bits per heavy atom. The number of carbonyl (C=O) groups is 1. The lowest BCUT2D eigenvalue weighted by Crippen LogP contribution is -2.55. The fourth-order valence-corrected chi connectivity index (χ4v) is 4.96. The van der Waals surface area contributed by atoms with E-state index in [0.29, 0.717) is 12.0 Å². The van der Waals surface area contributed by atoms with Crippen LogP contribution in [-0.2, 0) is 4.79 Å². The number of nitrogens with one attached hydrogen (secondary N) is 1.